The number of ether oxygens (including phenoxy) is 2. The number of rotatable bonds is 19. The predicted octanol–water partition coefficient (Wildman–Crippen LogP) is 6.66. The third-order valence-electron chi connectivity index (χ3n) is 7.59. The number of carbonyl (C=O) groups is 4. The lowest BCUT2D eigenvalue weighted by Gasteiger charge is -2.05. The Morgan fingerprint density at radius 1 is 0.556 bits per heavy atom. The number of hydrogen-bond donors (Lipinski definition) is 2. The van der Waals surface area contributed by atoms with Crippen LogP contribution in [0.4, 0.5) is 11.4 Å². The molecule has 4 aromatic carbocycles. The van der Waals surface area contributed by atoms with E-state index in [1.807, 2.05) is 0 Å². The molecule has 0 aliphatic rings. The van der Waals surface area contributed by atoms with Crippen LogP contribution in [0.5, 0.6) is 11.5 Å². The number of benzene rings is 4. The van der Waals surface area contributed by atoms with Gasteiger partial charge in [-0.2, -0.15) is 10.2 Å². The first-order chi connectivity index (χ1) is 26.1. The summed E-state index contributed by atoms with van der Waals surface area (Å²) in [4.78, 5) is 69.9. The molecule has 2 N–H and O–H groups in total. The molecule has 0 radical (unpaired) electrons. The third-order valence-corrected chi connectivity index (χ3v) is 7.59. The van der Waals surface area contributed by atoms with Gasteiger partial charge in [-0.3, -0.25) is 29.8 Å². The Morgan fingerprint density at radius 2 is 0.944 bits per heavy atom. The van der Waals surface area contributed by atoms with E-state index < -0.39 is 21.8 Å². The smallest absolute Gasteiger partial charge is 0.343 e. The van der Waals surface area contributed by atoms with Gasteiger partial charge in [0.25, 0.3) is 11.4 Å². The Bertz CT molecular complexity index is 1900. The van der Waals surface area contributed by atoms with E-state index in [1.54, 1.807) is 36.4 Å². The Kier molecular flexibility index (Phi) is 15.2. The normalized spacial score (nSPS) is 10.9. The van der Waals surface area contributed by atoms with Crippen LogP contribution in [0.3, 0.4) is 0 Å². The van der Waals surface area contributed by atoms with Crippen LogP contribution in [0.1, 0.15) is 83.2 Å². The molecule has 0 saturated carbocycles. The summed E-state index contributed by atoms with van der Waals surface area (Å²) >= 11 is 0. The van der Waals surface area contributed by atoms with Gasteiger partial charge in [-0.1, -0.05) is 62.1 Å². The SMILES string of the molecule is O=C(CCCCCCCCC(=O)NN=Cc1cccc(OC(=O)c2cccc([N+](=O)[O-])c2)c1)NN=Cc1cccc(OC(=O)c2cccc([N+](=O)[O-])c2)c1. The van der Waals surface area contributed by atoms with E-state index in [1.165, 1.54) is 61.0 Å². The van der Waals surface area contributed by atoms with Crippen LogP contribution in [0.25, 0.3) is 0 Å². The molecule has 0 unspecified atom stereocenters. The Labute approximate surface area is 309 Å². The topological polar surface area (TPSA) is 222 Å². The van der Waals surface area contributed by atoms with E-state index in [9.17, 15) is 39.4 Å². The molecule has 0 aliphatic heterocycles. The van der Waals surface area contributed by atoms with Crippen LogP contribution in [-0.4, -0.2) is 46.0 Å². The van der Waals surface area contributed by atoms with Gasteiger partial charge < -0.3 is 9.47 Å². The fourth-order valence-corrected chi connectivity index (χ4v) is 4.89. The van der Waals surface area contributed by atoms with Crippen LogP contribution in [0, 0.1) is 20.2 Å². The Morgan fingerprint density at radius 3 is 1.35 bits per heavy atom. The van der Waals surface area contributed by atoms with Gasteiger partial charge in [-0.25, -0.2) is 20.4 Å². The zero-order valence-corrected chi connectivity index (χ0v) is 28.9. The molecular weight excluding hydrogens is 700 g/mol. The van der Waals surface area contributed by atoms with E-state index >= 15 is 0 Å². The summed E-state index contributed by atoms with van der Waals surface area (Å²) in [6, 6.07) is 23.3. The second kappa shape index (κ2) is 20.7. The molecule has 0 atom stereocenters. The zero-order chi connectivity index (χ0) is 38.7. The summed E-state index contributed by atoms with van der Waals surface area (Å²) < 4.78 is 10.6. The third kappa shape index (κ3) is 13.6. The van der Waals surface area contributed by atoms with E-state index in [4.69, 9.17) is 9.47 Å². The van der Waals surface area contributed by atoms with Crippen molar-refractivity contribution in [2.75, 3.05) is 0 Å². The highest BCUT2D eigenvalue weighted by Gasteiger charge is 2.15. The van der Waals surface area contributed by atoms with Gasteiger partial charge >= 0.3 is 11.9 Å². The van der Waals surface area contributed by atoms with E-state index in [2.05, 4.69) is 21.1 Å². The average molecular weight is 737 g/mol. The molecule has 0 fully saturated rings. The molecule has 0 aliphatic carbocycles. The average Bonchev–Trinajstić information content (AvgIpc) is 3.16. The van der Waals surface area contributed by atoms with Crippen molar-refractivity contribution in [3.05, 3.63) is 140 Å². The number of non-ortho nitro benzene ring substituents is 2. The summed E-state index contributed by atoms with van der Waals surface area (Å²) in [5.74, 6) is -1.57. The van der Waals surface area contributed by atoms with Crippen molar-refractivity contribution in [3.8, 4) is 11.5 Å². The number of nitrogens with zero attached hydrogens (tertiary/aromatic N) is 4. The number of esters is 2. The maximum absolute atomic E-state index is 12.4. The van der Waals surface area contributed by atoms with E-state index in [-0.39, 0.29) is 45.8 Å². The Hall–Kier alpha value is -7.10. The quantitative estimate of drug-likeness (QED) is 0.0260. The number of nitrogens with one attached hydrogen (secondary N) is 2. The van der Waals surface area contributed by atoms with E-state index in [0.29, 0.717) is 36.8 Å². The van der Waals surface area contributed by atoms with Gasteiger partial charge in [-0.15, -0.1) is 0 Å². The molecule has 54 heavy (non-hydrogen) atoms. The molecule has 2 amide bonds. The second-order valence-corrected chi connectivity index (χ2v) is 11.7. The molecule has 16 nitrogen and oxygen atoms in total. The molecule has 0 aromatic heterocycles. The number of unbranched alkanes of at least 4 members (excludes halogenated alkanes) is 5. The minimum absolute atomic E-state index is 0.0374. The molecule has 0 saturated heterocycles. The summed E-state index contributed by atoms with van der Waals surface area (Å²) in [6.07, 6.45) is 8.24. The number of nitro benzene ring substituents is 2. The summed E-state index contributed by atoms with van der Waals surface area (Å²) in [5, 5.41) is 29.8. The highest BCUT2D eigenvalue weighted by atomic mass is 16.6. The first kappa shape index (κ1) is 39.7. The number of amides is 2. The largest absolute Gasteiger partial charge is 0.423 e. The molecule has 16 heteroatoms. The molecule has 4 rings (SSSR count). The van der Waals surface area contributed by atoms with Crippen molar-refractivity contribution in [1.82, 2.24) is 10.9 Å². The lowest BCUT2D eigenvalue weighted by atomic mass is 10.1. The van der Waals surface area contributed by atoms with Crippen LogP contribution >= 0.6 is 0 Å². The molecular formula is C38H36N6O10. The second-order valence-electron chi connectivity index (χ2n) is 11.7. The molecule has 0 spiro atoms. The van der Waals surface area contributed by atoms with Crippen LogP contribution in [0.15, 0.2) is 107 Å². The highest BCUT2D eigenvalue weighted by Crippen LogP contribution is 2.19. The molecule has 278 valence electrons. The van der Waals surface area contributed by atoms with Crippen molar-refractivity contribution in [2.45, 2.75) is 51.4 Å². The van der Waals surface area contributed by atoms with Crippen molar-refractivity contribution in [3.63, 3.8) is 0 Å². The highest BCUT2D eigenvalue weighted by molar-refractivity contribution is 5.93. The number of hydrazone groups is 2. The fourth-order valence-electron chi connectivity index (χ4n) is 4.89. The van der Waals surface area contributed by atoms with Crippen molar-refractivity contribution in [1.29, 1.82) is 0 Å². The summed E-state index contributed by atoms with van der Waals surface area (Å²) in [6.45, 7) is 0. The van der Waals surface area contributed by atoms with Gasteiger partial charge in [0.15, 0.2) is 0 Å². The Balaban J connectivity index is 1.05. The monoisotopic (exact) mass is 736 g/mol. The maximum Gasteiger partial charge on any atom is 0.343 e. The van der Waals surface area contributed by atoms with Crippen molar-refractivity contribution < 1.29 is 38.5 Å². The first-order valence-electron chi connectivity index (χ1n) is 16.8. The van der Waals surface area contributed by atoms with E-state index in [0.717, 1.165) is 37.8 Å². The van der Waals surface area contributed by atoms with Crippen LogP contribution < -0.4 is 20.3 Å². The summed E-state index contributed by atoms with van der Waals surface area (Å²) in [5.41, 5.74) is 5.69. The number of carbonyl (C=O) groups excluding carboxylic acids is 4. The molecule has 0 bridgehead atoms. The zero-order valence-electron chi connectivity index (χ0n) is 28.9. The minimum atomic E-state index is -0.749. The molecule has 4 aromatic rings. The van der Waals surface area contributed by atoms with Gasteiger partial charge in [-0.05, 0) is 60.4 Å². The van der Waals surface area contributed by atoms with Crippen LogP contribution in [0.2, 0.25) is 0 Å². The lowest BCUT2D eigenvalue weighted by Crippen LogP contribution is -2.17. The van der Waals surface area contributed by atoms with Gasteiger partial charge in [0, 0.05) is 37.1 Å². The fraction of sp³-hybridized carbons (Fsp3) is 0.211. The van der Waals surface area contributed by atoms with Crippen LogP contribution in [-0.2, 0) is 9.59 Å². The lowest BCUT2D eigenvalue weighted by molar-refractivity contribution is -0.385. The summed E-state index contributed by atoms with van der Waals surface area (Å²) in [7, 11) is 0. The standard InChI is InChI=1S/C38H36N6O10/c45-35(41-39-25-27-11-7-17-33(21-27)53-37(47)29-13-9-15-31(23-29)43(49)50)19-5-3-1-2-4-6-20-36(46)42-40-26-28-12-8-18-34(22-28)54-38(48)30-14-10-16-32(24-30)44(51)52/h7-18,21-26H,1-6,19-20H2,(H,41,45)(H,42,46). The van der Waals surface area contributed by atoms with Crippen molar-refractivity contribution in [2.24, 2.45) is 10.2 Å². The molecule has 0 heterocycles. The van der Waals surface area contributed by atoms with Gasteiger partial charge in [0.1, 0.15) is 11.5 Å². The number of hydrogen-bond acceptors (Lipinski definition) is 12. The van der Waals surface area contributed by atoms with Crippen molar-refractivity contribution >= 4 is 47.6 Å². The maximum atomic E-state index is 12.4. The number of nitro groups is 2. The van der Waals surface area contributed by atoms with Gasteiger partial charge in [0.05, 0.1) is 33.4 Å². The first-order valence-corrected chi connectivity index (χ1v) is 16.8. The van der Waals surface area contributed by atoms with Gasteiger partial charge in [0.2, 0.25) is 11.8 Å². The minimum Gasteiger partial charge on any atom is -0.423 e. The predicted molar refractivity (Wildman–Crippen MR) is 197 cm³/mol.